The molecule has 0 saturated carbocycles. The van der Waals surface area contributed by atoms with Crippen LogP contribution in [0.25, 0.3) is 0 Å². The fourth-order valence-electron chi connectivity index (χ4n) is 2.77. The molecule has 0 aromatic heterocycles. The molecule has 1 heterocycles. The second-order valence-electron chi connectivity index (χ2n) is 5.98. The largest absolute Gasteiger partial charge is 0.497 e. The van der Waals surface area contributed by atoms with Gasteiger partial charge in [-0.2, -0.15) is 0 Å². The first kappa shape index (κ1) is 17.5. The van der Waals surface area contributed by atoms with Gasteiger partial charge in [-0.05, 0) is 42.9 Å². The summed E-state index contributed by atoms with van der Waals surface area (Å²) in [5.74, 6) is 1.29. The van der Waals surface area contributed by atoms with E-state index in [1.807, 2.05) is 35.2 Å². The number of hydrogen-bond donors (Lipinski definition) is 0. The summed E-state index contributed by atoms with van der Waals surface area (Å²) >= 11 is 0. The van der Waals surface area contributed by atoms with Gasteiger partial charge in [0.1, 0.15) is 5.75 Å². The van der Waals surface area contributed by atoms with Crippen molar-refractivity contribution in [2.75, 3.05) is 26.8 Å². The van der Waals surface area contributed by atoms with E-state index in [9.17, 15) is 4.79 Å². The SMILES string of the molecule is C=CC(CCOCc1ccc(OC)cc1)CC(=O)N1CCCC1. The molecule has 1 saturated heterocycles. The van der Waals surface area contributed by atoms with Crippen molar-refractivity contribution in [3.05, 3.63) is 42.5 Å². The van der Waals surface area contributed by atoms with E-state index in [0.717, 1.165) is 43.7 Å². The lowest BCUT2D eigenvalue weighted by molar-refractivity contribution is -0.130. The highest BCUT2D eigenvalue weighted by Crippen LogP contribution is 2.17. The van der Waals surface area contributed by atoms with Crippen LogP contribution in [0.5, 0.6) is 5.75 Å². The van der Waals surface area contributed by atoms with Gasteiger partial charge in [-0.3, -0.25) is 4.79 Å². The normalized spacial score (nSPS) is 15.4. The maximum Gasteiger partial charge on any atom is 0.223 e. The molecule has 1 amide bonds. The third-order valence-corrected chi connectivity index (χ3v) is 4.29. The third kappa shape index (κ3) is 5.71. The van der Waals surface area contributed by atoms with Crippen LogP contribution in [-0.4, -0.2) is 37.6 Å². The van der Waals surface area contributed by atoms with E-state index in [2.05, 4.69) is 6.58 Å². The second kappa shape index (κ2) is 9.36. The Morgan fingerprint density at radius 1 is 1.30 bits per heavy atom. The third-order valence-electron chi connectivity index (χ3n) is 4.29. The number of benzene rings is 1. The number of hydrogen-bond acceptors (Lipinski definition) is 3. The van der Waals surface area contributed by atoms with Crippen LogP contribution in [-0.2, 0) is 16.1 Å². The molecule has 4 nitrogen and oxygen atoms in total. The zero-order valence-corrected chi connectivity index (χ0v) is 14.0. The maximum absolute atomic E-state index is 12.2. The molecule has 0 bridgehead atoms. The molecule has 1 aromatic rings. The first-order valence-corrected chi connectivity index (χ1v) is 8.34. The summed E-state index contributed by atoms with van der Waals surface area (Å²) in [5, 5.41) is 0. The van der Waals surface area contributed by atoms with Gasteiger partial charge in [0.05, 0.1) is 13.7 Å². The second-order valence-corrected chi connectivity index (χ2v) is 5.98. The van der Waals surface area contributed by atoms with Crippen LogP contribution in [0.1, 0.15) is 31.2 Å². The van der Waals surface area contributed by atoms with E-state index in [0.29, 0.717) is 19.6 Å². The van der Waals surface area contributed by atoms with Crippen molar-refractivity contribution in [3.63, 3.8) is 0 Å². The van der Waals surface area contributed by atoms with Crippen molar-refractivity contribution in [2.24, 2.45) is 5.92 Å². The minimum absolute atomic E-state index is 0.193. The standard InChI is InChI=1S/C19H27NO3/c1-3-16(14-19(21)20-11-4-5-12-20)10-13-23-15-17-6-8-18(22-2)9-7-17/h3,6-9,16H,1,4-5,10-15H2,2H3. The van der Waals surface area contributed by atoms with Crippen molar-refractivity contribution in [3.8, 4) is 5.75 Å². The summed E-state index contributed by atoms with van der Waals surface area (Å²) < 4.78 is 10.9. The monoisotopic (exact) mass is 317 g/mol. The number of carbonyl (C=O) groups excluding carboxylic acids is 1. The molecule has 1 atom stereocenters. The molecule has 1 unspecified atom stereocenters. The molecule has 1 aromatic carbocycles. The average molecular weight is 317 g/mol. The minimum atomic E-state index is 0.193. The topological polar surface area (TPSA) is 38.8 Å². The highest BCUT2D eigenvalue weighted by Gasteiger charge is 2.20. The van der Waals surface area contributed by atoms with Crippen molar-refractivity contribution in [1.82, 2.24) is 4.90 Å². The number of rotatable bonds is 9. The lowest BCUT2D eigenvalue weighted by Gasteiger charge is -2.18. The minimum Gasteiger partial charge on any atom is -0.497 e. The highest BCUT2D eigenvalue weighted by molar-refractivity contribution is 5.76. The quantitative estimate of drug-likeness (QED) is 0.517. The molecule has 4 heteroatoms. The van der Waals surface area contributed by atoms with Gasteiger partial charge in [0.25, 0.3) is 0 Å². The fraction of sp³-hybridized carbons (Fsp3) is 0.526. The number of allylic oxidation sites excluding steroid dienone is 1. The van der Waals surface area contributed by atoms with Crippen molar-refractivity contribution in [1.29, 1.82) is 0 Å². The van der Waals surface area contributed by atoms with E-state index in [1.165, 1.54) is 0 Å². The zero-order chi connectivity index (χ0) is 16.5. The summed E-state index contributed by atoms with van der Waals surface area (Å²) in [5.41, 5.74) is 1.12. The summed E-state index contributed by atoms with van der Waals surface area (Å²) in [7, 11) is 1.66. The molecule has 0 radical (unpaired) electrons. The van der Waals surface area contributed by atoms with Crippen molar-refractivity contribution in [2.45, 2.75) is 32.3 Å². The molecule has 1 aliphatic rings. The van der Waals surface area contributed by atoms with Gasteiger partial charge in [-0.25, -0.2) is 0 Å². The van der Waals surface area contributed by atoms with Crippen LogP contribution < -0.4 is 4.74 Å². The predicted molar refractivity (Wildman–Crippen MR) is 91.4 cm³/mol. The van der Waals surface area contributed by atoms with Crippen LogP contribution in [0.15, 0.2) is 36.9 Å². The van der Waals surface area contributed by atoms with Crippen LogP contribution in [0.2, 0.25) is 0 Å². The zero-order valence-electron chi connectivity index (χ0n) is 14.0. The van der Waals surface area contributed by atoms with Gasteiger partial charge in [0.15, 0.2) is 0 Å². The number of methoxy groups -OCH3 is 1. The smallest absolute Gasteiger partial charge is 0.223 e. The molecular weight excluding hydrogens is 290 g/mol. The van der Waals surface area contributed by atoms with Crippen molar-refractivity contribution < 1.29 is 14.3 Å². The molecule has 0 N–H and O–H groups in total. The molecule has 1 aliphatic heterocycles. The van der Waals surface area contributed by atoms with Crippen LogP contribution in [0, 0.1) is 5.92 Å². The van der Waals surface area contributed by atoms with Crippen LogP contribution in [0.3, 0.4) is 0 Å². The fourth-order valence-corrected chi connectivity index (χ4v) is 2.77. The summed E-state index contributed by atoms with van der Waals surface area (Å²) in [6.07, 6.45) is 5.53. The van der Waals surface area contributed by atoms with Gasteiger partial charge < -0.3 is 14.4 Å². The number of nitrogens with zero attached hydrogens (tertiary/aromatic N) is 1. The Labute approximate surface area is 139 Å². The first-order chi connectivity index (χ1) is 11.2. The van der Waals surface area contributed by atoms with E-state index < -0.39 is 0 Å². The van der Waals surface area contributed by atoms with Gasteiger partial charge in [-0.1, -0.05) is 18.2 Å². The molecule has 2 rings (SSSR count). The predicted octanol–water partition coefficient (Wildman–Crippen LogP) is 3.42. The average Bonchev–Trinajstić information content (AvgIpc) is 3.12. The maximum atomic E-state index is 12.2. The summed E-state index contributed by atoms with van der Waals surface area (Å²) in [6, 6.07) is 7.86. The van der Waals surface area contributed by atoms with Gasteiger partial charge in [0, 0.05) is 26.1 Å². The molecule has 0 spiro atoms. The van der Waals surface area contributed by atoms with Gasteiger partial charge in [0.2, 0.25) is 5.91 Å². The van der Waals surface area contributed by atoms with Gasteiger partial charge in [-0.15, -0.1) is 6.58 Å². The Hall–Kier alpha value is -1.81. The summed E-state index contributed by atoms with van der Waals surface area (Å²) in [4.78, 5) is 14.1. The number of ether oxygens (including phenoxy) is 2. The van der Waals surface area contributed by atoms with E-state index >= 15 is 0 Å². The van der Waals surface area contributed by atoms with E-state index in [4.69, 9.17) is 9.47 Å². The van der Waals surface area contributed by atoms with Crippen molar-refractivity contribution >= 4 is 5.91 Å². The number of carbonyl (C=O) groups is 1. The van der Waals surface area contributed by atoms with E-state index in [-0.39, 0.29) is 11.8 Å². The summed E-state index contributed by atoms with van der Waals surface area (Å²) in [6.45, 7) is 6.90. The number of amides is 1. The van der Waals surface area contributed by atoms with E-state index in [1.54, 1.807) is 7.11 Å². The molecule has 23 heavy (non-hydrogen) atoms. The molecular formula is C19H27NO3. The Kier molecular flexibility index (Phi) is 7.14. The highest BCUT2D eigenvalue weighted by atomic mass is 16.5. The van der Waals surface area contributed by atoms with Crippen LogP contribution in [0.4, 0.5) is 0 Å². The Bertz CT molecular complexity index is 492. The number of likely N-dealkylation sites (tertiary alicyclic amines) is 1. The molecule has 0 aliphatic carbocycles. The lowest BCUT2D eigenvalue weighted by atomic mass is 10.0. The van der Waals surface area contributed by atoms with Gasteiger partial charge >= 0.3 is 0 Å². The Morgan fingerprint density at radius 3 is 2.61 bits per heavy atom. The molecule has 1 fully saturated rings. The first-order valence-electron chi connectivity index (χ1n) is 8.34. The Morgan fingerprint density at radius 2 is 2.00 bits per heavy atom. The Balaban J connectivity index is 1.66. The molecule has 126 valence electrons. The lowest BCUT2D eigenvalue weighted by Crippen LogP contribution is -2.29. The van der Waals surface area contributed by atoms with Crippen LogP contribution >= 0.6 is 0 Å².